The Bertz CT molecular complexity index is 206. The van der Waals surface area contributed by atoms with Crippen LogP contribution in [0.4, 0.5) is 0 Å². The Morgan fingerprint density at radius 2 is 1.86 bits per heavy atom. The lowest BCUT2D eigenvalue weighted by molar-refractivity contribution is 0.230. The molecule has 0 N–H and O–H groups in total. The third-order valence-electron chi connectivity index (χ3n) is 1.34. The van der Waals surface area contributed by atoms with E-state index in [1.165, 1.54) is 7.11 Å². The fourth-order valence-electron chi connectivity index (χ4n) is 0.611. The molecule has 0 radical (unpaired) electrons. The van der Waals surface area contributed by atoms with Crippen molar-refractivity contribution in [3.05, 3.63) is 0 Å². The smallest absolute Gasteiger partial charge is 0.309 e. The summed E-state index contributed by atoms with van der Waals surface area (Å²) in [6.45, 7) is 0.186. The molecule has 0 aliphatic carbocycles. The highest BCUT2D eigenvalue weighted by Crippen LogP contribution is 2.66. The molecule has 0 fully saturated rings. The highest BCUT2D eigenvalue weighted by Gasteiger charge is 2.46. The maximum atomic E-state index is 11.7. The molecule has 3 nitrogen and oxygen atoms in total. The molecule has 0 saturated heterocycles. The minimum atomic E-state index is -3.67. The van der Waals surface area contributed by atoms with Gasteiger partial charge in [0.1, 0.15) is 0 Å². The molecule has 0 aliphatic rings. The molecular formula is C6H11Cl4O3P. The van der Waals surface area contributed by atoms with Crippen LogP contribution < -0.4 is 0 Å². The molecule has 0 heterocycles. The quantitative estimate of drug-likeness (QED) is 0.419. The predicted molar refractivity (Wildman–Crippen MR) is 60.8 cm³/mol. The van der Waals surface area contributed by atoms with Crippen molar-refractivity contribution in [3.8, 4) is 0 Å². The second kappa shape index (κ2) is 6.80. The van der Waals surface area contributed by atoms with Crippen molar-refractivity contribution < 1.29 is 13.6 Å². The lowest BCUT2D eigenvalue weighted by atomic mass is 10.4. The Morgan fingerprint density at radius 1 is 1.29 bits per heavy atom. The number of unbranched alkanes of at least 4 members (excludes halogenated alkanes) is 1. The summed E-state index contributed by atoms with van der Waals surface area (Å²) < 4.78 is 19.2. The van der Waals surface area contributed by atoms with Crippen molar-refractivity contribution in [2.45, 2.75) is 16.4 Å². The van der Waals surface area contributed by atoms with Crippen molar-refractivity contribution in [2.24, 2.45) is 0 Å². The minimum absolute atomic E-state index is 0.186. The van der Waals surface area contributed by atoms with Gasteiger partial charge in [0, 0.05) is 13.0 Å². The van der Waals surface area contributed by atoms with Gasteiger partial charge in [-0.2, -0.15) is 0 Å². The maximum absolute atomic E-state index is 11.7. The van der Waals surface area contributed by atoms with Crippen LogP contribution in [0.25, 0.3) is 0 Å². The van der Waals surface area contributed by atoms with E-state index >= 15 is 0 Å². The second-order valence-corrected chi connectivity index (χ2v) is 8.12. The molecule has 0 aromatic carbocycles. The Labute approximate surface area is 103 Å². The Balaban J connectivity index is 4.08. The highest BCUT2D eigenvalue weighted by atomic mass is 35.6. The van der Waals surface area contributed by atoms with Gasteiger partial charge in [-0.15, -0.1) is 11.6 Å². The van der Waals surface area contributed by atoms with Gasteiger partial charge in [0.25, 0.3) is 3.53 Å². The van der Waals surface area contributed by atoms with E-state index in [1.54, 1.807) is 0 Å². The van der Waals surface area contributed by atoms with Gasteiger partial charge in [-0.3, -0.25) is 4.57 Å². The lowest BCUT2D eigenvalue weighted by Gasteiger charge is -2.22. The van der Waals surface area contributed by atoms with E-state index in [9.17, 15) is 4.57 Å². The molecule has 8 heteroatoms. The van der Waals surface area contributed by atoms with E-state index in [-0.39, 0.29) is 6.61 Å². The van der Waals surface area contributed by atoms with Crippen molar-refractivity contribution in [1.82, 2.24) is 0 Å². The summed E-state index contributed by atoms with van der Waals surface area (Å²) in [5.74, 6) is 0.508. The van der Waals surface area contributed by atoms with Crippen molar-refractivity contribution in [2.75, 3.05) is 19.6 Å². The summed E-state index contributed by atoms with van der Waals surface area (Å²) in [4.78, 5) is 0. The van der Waals surface area contributed by atoms with Crippen molar-refractivity contribution >= 4 is 54.0 Å². The lowest BCUT2D eigenvalue weighted by Crippen LogP contribution is -2.09. The second-order valence-electron chi connectivity index (χ2n) is 2.38. The first kappa shape index (κ1) is 15.3. The molecule has 1 unspecified atom stereocenters. The molecule has 0 saturated carbocycles. The molecule has 0 rings (SSSR count). The Kier molecular flexibility index (Phi) is 7.43. The zero-order valence-electron chi connectivity index (χ0n) is 7.51. The first-order valence-corrected chi connectivity index (χ1v) is 7.01. The monoisotopic (exact) mass is 302 g/mol. The normalized spacial score (nSPS) is 16.6. The van der Waals surface area contributed by atoms with E-state index in [2.05, 4.69) is 4.52 Å². The largest absolute Gasteiger partial charge is 0.381 e. The van der Waals surface area contributed by atoms with Gasteiger partial charge in [0.2, 0.25) is 0 Å². The summed E-state index contributed by atoms with van der Waals surface area (Å²) in [5, 5.41) is 0. The maximum Gasteiger partial charge on any atom is 0.381 e. The fourth-order valence-corrected chi connectivity index (χ4v) is 2.69. The molecule has 0 aromatic heterocycles. The fraction of sp³-hybridized carbons (Fsp3) is 1.00. The average molecular weight is 304 g/mol. The van der Waals surface area contributed by atoms with Crippen LogP contribution in [0.2, 0.25) is 0 Å². The van der Waals surface area contributed by atoms with E-state index in [0.29, 0.717) is 12.3 Å². The van der Waals surface area contributed by atoms with Gasteiger partial charge >= 0.3 is 7.60 Å². The summed E-state index contributed by atoms with van der Waals surface area (Å²) in [6, 6.07) is 0. The van der Waals surface area contributed by atoms with Gasteiger partial charge in [0.05, 0.1) is 6.61 Å². The first-order valence-electron chi connectivity index (χ1n) is 3.80. The molecule has 1 atom stereocenters. The van der Waals surface area contributed by atoms with Crippen LogP contribution in [0.15, 0.2) is 0 Å². The standard InChI is InChI=1S/C6H11Cl4O3P/c1-12-14(11,6(8,9)10)13-5-3-2-4-7/h2-5H2,1H3. The van der Waals surface area contributed by atoms with Gasteiger partial charge in [-0.05, 0) is 12.8 Å². The number of halogens is 4. The molecule has 14 heavy (non-hydrogen) atoms. The Morgan fingerprint density at radius 3 is 2.21 bits per heavy atom. The van der Waals surface area contributed by atoms with Crippen LogP contribution in [0, 0.1) is 0 Å². The summed E-state index contributed by atoms with van der Waals surface area (Å²) >= 11 is 21.8. The van der Waals surface area contributed by atoms with Crippen LogP contribution in [0.3, 0.4) is 0 Å². The van der Waals surface area contributed by atoms with Crippen LogP contribution in [0.5, 0.6) is 0 Å². The van der Waals surface area contributed by atoms with Crippen molar-refractivity contribution in [3.63, 3.8) is 0 Å². The van der Waals surface area contributed by atoms with E-state index in [1.807, 2.05) is 0 Å². The van der Waals surface area contributed by atoms with E-state index in [4.69, 9.17) is 50.9 Å². The first-order chi connectivity index (χ1) is 6.37. The zero-order valence-corrected chi connectivity index (χ0v) is 11.4. The van der Waals surface area contributed by atoms with E-state index < -0.39 is 11.1 Å². The molecule has 0 spiro atoms. The van der Waals surface area contributed by atoms with Crippen molar-refractivity contribution in [1.29, 1.82) is 0 Å². The Hall–Kier alpha value is 1.31. The number of rotatable bonds is 6. The minimum Gasteiger partial charge on any atom is -0.309 e. The zero-order chi connectivity index (χ0) is 11.2. The summed E-state index contributed by atoms with van der Waals surface area (Å²) in [7, 11) is -2.50. The molecule has 0 aliphatic heterocycles. The average Bonchev–Trinajstić information content (AvgIpc) is 2.10. The predicted octanol–water partition coefficient (Wildman–Crippen LogP) is 4.19. The summed E-state index contributed by atoms with van der Waals surface area (Å²) in [6.07, 6.45) is 1.38. The van der Waals surface area contributed by atoms with Crippen LogP contribution in [0.1, 0.15) is 12.8 Å². The third kappa shape index (κ3) is 4.89. The van der Waals surface area contributed by atoms with Gasteiger partial charge in [-0.1, -0.05) is 34.8 Å². The molecule has 86 valence electrons. The molecule has 0 bridgehead atoms. The van der Waals surface area contributed by atoms with Crippen LogP contribution >= 0.6 is 54.0 Å². The molecule has 0 amide bonds. The van der Waals surface area contributed by atoms with E-state index in [0.717, 1.165) is 6.42 Å². The summed E-state index contributed by atoms with van der Waals surface area (Å²) in [5.41, 5.74) is 0. The number of hydrogen-bond donors (Lipinski definition) is 0. The van der Waals surface area contributed by atoms with Gasteiger partial charge in [0.15, 0.2) is 0 Å². The third-order valence-corrected chi connectivity index (χ3v) is 5.09. The van der Waals surface area contributed by atoms with Gasteiger partial charge in [-0.25, -0.2) is 0 Å². The number of alkyl halides is 4. The highest BCUT2D eigenvalue weighted by molar-refractivity contribution is 7.62. The molecular weight excluding hydrogens is 293 g/mol. The molecule has 0 aromatic rings. The topological polar surface area (TPSA) is 35.5 Å². The number of hydrogen-bond acceptors (Lipinski definition) is 3. The van der Waals surface area contributed by atoms with Crippen LogP contribution in [-0.2, 0) is 13.6 Å². The van der Waals surface area contributed by atoms with Gasteiger partial charge < -0.3 is 9.05 Å². The van der Waals surface area contributed by atoms with Crippen LogP contribution in [-0.4, -0.2) is 23.1 Å². The SMILES string of the molecule is COP(=O)(OCCCCCl)C(Cl)(Cl)Cl.